The van der Waals surface area contributed by atoms with Crippen LogP contribution < -0.4 is 10.6 Å². The normalized spacial score (nSPS) is 17.7. The zero-order valence-corrected chi connectivity index (χ0v) is 15.5. The number of anilines is 2. The number of nitrogens with two attached hydrogens (primary N) is 1. The van der Waals surface area contributed by atoms with Crippen molar-refractivity contribution >= 4 is 29.3 Å². The lowest BCUT2D eigenvalue weighted by Crippen LogP contribution is -2.32. The lowest BCUT2D eigenvalue weighted by atomic mass is 10.0. The second kappa shape index (κ2) is 7.88. The lowest BCUT2D eigenvalue weighted by Gasteiger charge is -2.31. The summed E-state index contributed by atoms with van der Waals surface area (Å²) in [6, 6.07) is 6.90. The van der Waals surface area contributed by atoms with Crippen molar-refractivity contribution < 1.29 is 14.3 Å². The SMILES string of the molecule is COC(=O)c1ccc(C2COCCCN2c2cc(C)nc(N)n2)c(Cl)c1. The highest BCUT2D eigenvalue weighted by Crippen LogP contribution is 2.33. The Kier molecular flexibility index (Phi) is 5.58. The molecule has 3 rings (SSSR count). The van der Waals surface area contributed by atoms with Gasteiger partial charge in [0.25, 0.3) is 0 Å². The molecule has 26 heavy (non-hydrogen) atoms. The largest absolute Gasteiger partial charge is 0.465 e. The number of carbonyl (C=O) groups excluding carboxylic acids is 1. The summed E-state index contributed by atoms with van der Waals surface area (Å²) < 4.78 is 10.5. The molecule has 1 aromatic heterocycles. The zero-order valence-electron chi connectivity index (χ0n) is 14.7. The minimum atomic E-state index is -0.424. The van der Waals surface area contributed by atoms with E-state index in [-0.39, 0.29) is 12.0 Å². The molecule has 2 heterocycles. The van der Waals surface area contributed by atoms with Gasteiger partial charge in [-0.2, -0.15) is 4.98 Å². The Morgan fingerprint density at radius 1 is 1.38 bits per heavy atom. The zero-order chi connectivity index (χ0) is 18.7. The van der Waals surface area contributed by atoms with Gasteiger partial charge in [-0.3, -0.25) is 0 Å². The molecular formula is C18H21ClN4O3. The topological polar surface area (TPSA) is 90.6 Å². The van der Waals surface area contributed by atoms with E-state index in [1.165, 1.54) is 7.11 Å². The number of carbonyl (C=O) groups is 1. The van der Waals surface area contributed by atoms with Crippen LogP contribution in [0.15, 0.2) is 24.3 Å². The van der Waals surface area contributed by atoms with Gasteiger partial charge in [-0.1, -0.05) is 17.7 Å². The van der Waals surface area contributed by atoms with Crippen LogP contribution in [0.1, 0.15) is 34.1 Å². The molecule has 1 aliphatic heterocycles. The number of esters is 1. The maximum atomic E-state index is 11.7. The summed E-state index contributed by atoms with van der Waals surface area (Å²) in [5.74, 6) is 0.543. The Morgan fingerprint density at radius 3 is 2.88 bits per heavy atom. The van der Waals surface area contributed by atoms with Crippen LogP contribution in [0.5, 0.6) is 0 Å². The number of nitrogens with zero attached hydrogens (tertiary/aromatic N) is 3. The second-order valence-electron chi connectivity index (χ2n) is 6.09. The van der Waals surface area contributed by atoms with Crippen molar-refractivity contribution in [1.29, 1.82) is 0 Å². The van der Waals surface area contributed by atoms with Crippen LogP contribution in [-0.4, -0.2) is 42.8 Å². The van der Waals surface area contributed by atoms with Gasteiger partial charge in [0.15, 0.2) is 0 Å². The Morgan fingerprint density at radius 2 is 2.19 bits per heavy atom. The van der Waals surface area contributed by atoms with Crippen molar-refractivity contribution in [1.82, 2.24) is 9.97 Å². The molecule has 1 unspecified atom stereocenters. The van der Waals surface area contributed by atoms with Crippen LogP contribution in [0.4, 0.5) is 11.8 Å². The maximum Gasteiger partial charge on any atom is 0.337 e. The molecule has 0 amide bonds. The number of hydrogen-bond acceptors (Lipinski definition) is 7. The van der Waals surface area contributed by atoms with E-state index in [0.29, 0.717) is 23.8 Å². The van der Waals surface area contributed by atoms with Gasteiger partial charge in [-0.25, -0.2) is 9.78 Å². The number of methoxy groups -OCH3 is 1. The summed E-state index contributed by atoms with van der Waals surface area (Å²) in [6.07, 6.45) is 0.858. The highest BCUT2D eigenvalue weighted by Gasteiger charge is 2.27. The van der Waals surface area contributed by atoms with E-state index in [1.807, 2.05) is 19.1 Å². The van der Waals surface area contributed by atoms with Gasteiger partial charge in [-0.15, -0.1) is 0 Å². The number of halogens is 1. The molecule has 1 fully saturated rings. The average molecular weight is 377 g/mol. The summed E-state index contributed by atoms with van der Waals surface area (Å²) in [6.45, 7) is 3.74. The van der Waals surface area contributed by atoms with Crippen molar-refractivity contribution in [3.05, 3.63) is 46.1 Å². The minimum Gasteiger partial charge on any atom is -0.465 e. The molecule has 0 aliphatic carbocycles. The number of hydrogen-bond donors (Lipinski definition) is 1. The molecule has 1 atom stereocenters. The third kappa shape index (κ3) is 3.89. The van der Waals surface area contributed by atoms with Crippen molar-refractivity contribution in [2.24, 2.45) is 0 Å². The highest BCUT2D eigenvalue weighted by atomic mass is 35.5. The molecule has 138 valence electrons. The van der Waals surface area contributed by atoms with E-state index in [9.17, 15) is 4.79 Å². The average Bonchev–Trinajstić information content (AvgIpc) is 2.86. The monoisotopic (exact) mass is 376 g/mol. The number of nitrogen functional groups attached to an aromatic ring is 1. The van der Waals surface area contributed by atoms with Gasteiger partial charge in [-0.05, 0) is 31.0 Å². The lowest BCUT2D eigenvalue weighted by molar-refractivity contribution is 0.0600. The minimum absolute atomic E-state index is 0.148. The van der Waals surface area contributed by atoms with Gasteiger partial charge >= 0.3 is 5.97 Å². The second-order valence-corrected chi connectivity index (χ2v) is 6.50. The predicted molar refractivity (Wildman–Crippen MR) is 99.5 cm³/mol. The summed E-state index contributed by atoms with van der Waals surface area (Å²) in [5, 5.41) is 0.479. The molecule has 0 bridgehead atoms. The molecule has 8 heteroatoms. The molecular weight excluding hydrogens is 356 g/mol. The summed E-state index contributed by atoms with van der Waals surface area (Å²) >= 11 is 6.48. The van der Waals surface area contributed by atoms with Crippen LogP contribution in [0.3, 0.4) is 0 Å². The first kappa shape index (κ1) is 18.4. The number of rotatable bonds is 3. The number of aryl methyl sites for hydroxylation is 1. The highest BCUT2D eigenvalue weighted by molar-refractivity contribution is 6.31. The molecule has 1 aliphatic rings. The molecule has 2 N–H and O–H groups in total. The van der Waals surface area contributed by atoms with E-state index in [1.54, 1.807) is 12.1 Å². The fourth-order valence-electron chi connectivity index (χ4n) is 3.07. The van der Waals surface area contributed by atoms with Crippen LogP contribution in [0.2, 0.25) is 5.02 Å². The maximum absolute atomic E-state index is 11.7. The number of ether oxygens (including phenoxy) is 2. The van der Waals surface area contributed by atoms with E-state index in [2.05, 4.69) is 14.9 Å². The standard InChI is InChI=1S/C18H21ClN4O3/c1-11-8-16(22-18(20)21-11)23-6-3-7-26-10-15(23)13-5-4-12(9-14(13)19)17(24)25-2/h4-5,8-9,15H,3,6-7,10H2,1-2H3,(H2,20,21,22). The molecule has 1 aromatic carbocycles. The van der Waals surface area contributed by atoms with Crippen molar-refractivity contribution in [2.75, 3.05) is 37.5 Å². The molecule has 1 saturated heterocycles. The quantitative estimate of drug-likeness (QED) is 0.823. The molecule has 2 aromatic rings. The number of aromatic nitrogens is 2. The van der Waals surface area contributed by atoms with Crippen LogP contribution in [-0.2, 0) is 9.47 Å². The predicted octanol–water partition coefficient (Wildman–Crippen LogP) is 2.78. The third-order valence-electron chi connectivity index (χ3n) is 4.27. The summed E-state index contributed by atoms with van der Waals surface area (Å²) in [4.78, 5) is 22.4. The number of benzene rings is 1. The van der Waals surface area contributed by atoms with E-state index >= 15 is 0 Å². The first-order valence-electron chi connectivity index (χ1n) is 8.33. The summed E-state index contributed by atoms with van der Waals surface area (Å²) in [7, 11) is 1.34. The van der Waals surface area contributed by atoms with Gasteiger partial charge in [0, 0.05) is 29.9 Å². The molecule has 0 saturated carbocycles. The fourth-order valence-corrected chi connectivity index (χ4v) is 3.38. The van der Waals surface area contributed by atoms with Gasteiger partial charge in [0.1, 0.15) is 5.82 Å². The van der Waals surface area contributed by atoms with Crippen LogP contribution in [0.25, 0.3) is 0 Å². The van der Waals surface area contributed by atoms with E-state index in [4.69, 9.17) is 26.8 Å². The van der Waals surface area contributed by atoms with Gasteiger partial charge in [0.05, 0.1) is 25.3 Å². The first-order valence-corrected chi connectivity index (χ1v) is 8.70. The van der Waals surface area contributed by atoms with E-state index in [0.717, 1.165) is 30.0 Å². The Hall–Kier alpha value is -2.38. The van der Waals surface area contributed by atoms with Crippen LogP contribution in [0, 0.1) is 6.92 Å². The molecule has 0 spiro atoms. The smallest absolute Gasteiger partial charge is 0.337 e. The Balaban J connectivity index is 2.00. The fraction of sp³-hybridized carbons (Fsp3) is 0.389. The van der Waals surface area contributed by atoms with E-state index < -0.39 is 5.97 Å². The third-order valence-corrected chi connectivity index (χ3v) is 4.60. The Bertz CT molecular complexity index is 795. The molecule has 7 nitrogen and oxygen atoms in total. The molecule has 0 radical (unpaired) electrons. The summed E-state index contributed by atoms with van der Waals surface area (Å²) in [5.41, 5.74) is 7.89. The van der Waals surface area contributed by atoms with Crippen molar-refractivity contribution in [2.45, 2.75) is 19.4 Å². The van der Waals surface area contributed by atoms with Crippen molar-refractivity contribution in [3.63, 3.8) is 0 Å². The van der Waals surface area contributed by atoms with Gasteiger partial charge < -0.3 is 20.1 Å². The van der Waals surface area contributed by atoms with Crippen molar-refractivity contribution in [3.8, 4) is 0 Å². The van der Waals surface area contributed by atoms with Gasteiger partial charge in [0.2, 0.25) is 5.95 Å². The first-order chi connectivity index (χ1) is 12.5. The van der Waals surface area contributed by atoms with Crippen LogP contribution >= 0.6 is 11.6 Å². The Labute approximate surface area is 157 Å².